The van der Waals surface area contributed by atoms with Crippen molar-refractivity contribution in [3.05, 3.63) is 54.1 Å². The first kappa shape index (κ1) is 15.8. The molecule has 22 heavy (non-hydrogen) atoms. The van der Waals surface area contributed by atoms with E-state index in [1.54, 1.807) is 12.1 Å². The fourth-order valence-electron chi connectivity index (χ4n) is 1.77. The van der Waals surface area contributed by atoms with Gasteiger partial charge in [-0.1, -0.05) is 12.1 Å². The summed E-state index contributed by atoms with van der Waals surface area (Å²) in [7, 11) is -3.75. The number of carboxylic acid groups (broad SMARTS) is 1. The van der Waals surface area contributed by atoms with E-state index in [1.807, 2.05) is 6.92 Å². The van der Waals surface area contributed by atoms with Crippen LogP contribution in [0.5, 0.6) is 5.75 Å². The number of aromatic carboxylic acids is 1. The van der Waals surface area contributed by atoms with Gasteiger partial charge in [0.1, 0.15) is 5.75 Å². The Bertz CT molecular complexity index is 752. The van der Waals surface area contributed by atoms with Crippen molar-refractivity contribution in [3.8, 4) is 5.75 Å². The summed E-state index contributed by atoms with van der Waals surface area (Å²) < 4.78 is 32.0. The molecule has 0 fully saturated rings. The van der Waals surface area contributed by atoms with Gasteiger partial charge in [0, 0.05) is 5.69 Å². The van der Waals surface area contributed by atoms with E-state index < -0.39 is 16.0 Å². The molecule has 0 heterocycles. The molecule has 0 spiro atoms. The van der Waals surface area contributed by atoms with Gasteiger partial charge in [-0.15, -0.1) is 0 Å². The number of ether oxygens (including phenoxy) is 1. The maximum absolute atomic E-state index is 12.2. The van der Waals surface area contributed by atoms with Gasteiger partial charge in [0.25, 0.3) is 10.0 Å². The van der Waals surface area contributed by atoms with E-state index in [4.69, 9.17) is 4.74 Å². The van der Waals surface area contributed by atoms with Crippen LogP contribution in [0.2, 0.25) is 0 Å². The van der Waals surface area contributed by atoms with Crippen LogP contribution in [0.3, 0.4) is 0 Å². The zero-order valence-corrected chi connectivity index (χ0v) is 12.6. The SMILES string of the molecule is CCOc1ccc(S(=O)(=O)Nc2ccc(C(=O)[O-])cc2)cc1. The Labute approximate surface area is 128 Å². The van der Waals surface area contributed by atoms with Crippen molar-refractivity contribution in [3.63, 3.8) is 0 Å². The van der Waals surface area contributed by atoms with E-state index in [2.05, 4.69) is 4.72 Å². The van der Waals surface area contributed by atoms with Gasteiger partial charge < -0.3 is 14.6 Å². The molecule has 1 N–H and O–H groups in total. The summed E-state index contributed by atoms with van der Waals surface area (Å²) in [6, 6.07) is 11.3. The van der Waals surface area contributed by atoms with E-state index in [0.29, 0.717) is 12.4 Å². The van der Waals surface area contributed by atoms with Crippen LogP contribution in [0, 0.1) is 0 Å². The normalized spacial score (nSPS) is 11.0. The summed E-state index contributed by atoms with van der Waals surface area (Å²) in [4.78, 5) is 10.7. The Kier molecular flexibility index (Phi) is 4.67. The molecule has 0 aliphatic rings. The largest absolute Gasteiger partial charge is 0.545 e. The van der Waals surface area contributed by atoms with Gasteiger partial charge in [0.15, 0.2) is 0 Å². The molecule has 2 aromatic carbocycles. The highest BCUT2D eigenvalue weighted by Crippen LogP contribution is 2.19. The van der Waals surface area contributed by atoms with Crippen LogP contribution >= 0.6 is 0 Å². The zero-order chi connectivity index (χ0) is 16.2. The van der Waals surface area contributed by atoms with Crippen LogP contribution in [0.4, 0.5) is 5.69 Å². The van der Waals surface area contributed by atoms with Crippen molar-refractivity contribution < 1.29 is 23.1 Å². The Morgan fingerprint density at radius 3 is 2.18 bits per heavy atom. The highest BCUT2D eigenvalue weighted by molar-refractivity contribution is 7.92. The minimum atomic E-state index is -3.75. The molecule has 0 unspecified atom stereocenters. The third-order valence-electron chi connectivity index (χ3n) is 2.82. The predicted molar refractivity (Wildman–Crippen MR) is 79.2 cm³/mol. The van der Waals surface area contributed by atoms with Crippen molar-refractivity contribution >= 4 is 21.7 Å². The molecule has 116 valence electrons. The van der Waals surface area contributed by atoms with Gasteiger partial charge in [-0.3, -0.25) is 4.72 Å². The lowest BCUT2D eigenvalue weighted by Gasteiger charge is -2.10. The van der Waals surface area contributed by atoms with Crippen molar-refractivity contribution in [1.29, 1.82) is 0 Å². The highest BCUT2D eigenvalue weighted by atomic mass is 32.2. The third-order valence-corrected chi connectivity index (χ3v) is 4.22. The molecule has 2 rings (SSSR count). The van der Waals surface area contributed by atoms with Gasteiger partial charge in [0.05, 0.1) is 17.5 Å². The van der Waals surface area contributed by atoms with E-state index in [0.717, 1.165) is 0 Å². The summed E-state index contributed by atoms with van der Waals surface area (Å²) in [5.41, 5.74) is 0.239. The molecular weight excluding hydrogens is 306 g/mol. The zero-order valence-electron chi connectivity index (χ0n) is 11.8. The summed E-state index contributed by atoms with van der Waals surface area (Å²) >= 11 is 0. The minimum Gasteiger partial charge on any atom is -0.545 e. The minimum absolute atomic E-state index is 0.0241. The molecule has 0 bridgehead atoms. The highest BCUT2D eigenvalue weighted by Gasteiger charge is 2.14. The Balaban J connectivity index is 2.18. The first-order valence-electron chi connectivity index (χ1n) is 6.49. The molecule has 0 aliphatic heterocycles. The summed E-state index contributed by atoms with van der Waals surface area (Å²) in [6.07, 6.45) is 0. The average molecular weight is 320 g/mol. The fourth-order valence-corrected chi connectivity index (χ4v) is 2.83. The van der Waals surface area contributed by atoms with Gasteiger partial charge in [-0.05, 0) is 48.9 Å². The second-order valence-electron chi connectivity index (χ2n) is 4.37. The lowest BCUT2D eigenvalue weighted by atomic mass is 10.2. The second kappa shape index (κ2) is 6.48. The van der Waals surface area contributed by atoms with E-state index in [-0.39, 0.29) is 16.1 Å². The smallest absolute Gasteiger partial charge is 0.261 e. The van der Waals surface area contributed by atoms with Crippen LogP contribution in [0.15, 0.2) is 53.4 Å². The predicted octanol–water partition coefficient (Wildman–Crippen LogP) is 1.25. The number of sulfonamides is 1. The van der Waals surface area contributed by atoms with E-state index in [9.17, 15) is 18.3 Å². The molecule has 0 radical (unpaired) electrons. The van der Waals surface area contributed by atoms with Gasteiger partial charge >= 0.3 is 0 Å². The van der Waals surface area contributed by atoms with Crippen LogP contribution < -0.4 is 14.6 Å². The Morgan fingerprint density at radius 2 is 1.68 bits per heavy atom. The van der Waals surface area contributed by atoms with Crippen molar-refractivity contribution in [2.75, 3.05) is 11.3 Å². The van der Waals surface area contributed by atoms with Crippen molar-refractivity contribution in [2.24, 2.45) is 0 Å². The number of carboxylic acids is 1. The Hall–Kier alpha value is -2.54. The number of anilines is 1. The molecule has 0 aliphatic carbocycles. The maximum Gasteiger partial charge on any atom is 0.261 e. The number of benzene rings is 2. The fraction of sp³-hybridized carbons (Fsp3) is 0.133. The molecule has 0 atom stereocenters. The number of carbonyl (C=O) groups excluding carboxylic acids is 1. The molecule has 7 heteroatoms. The monoisotopic (exact) mass is 320 g/mol. The third kappa shape index (κ3) is 3.76. The lowest BCUT2D eigenvalue weighted by Crippen LogP contribution is -2.22. The molecule has 0 saturated carbocycles. The van der Waals surface area contributed by atoms with Crippen molar-refractivity contribution in [2.45, 2.75) is 11.8 Å². The molecule has 2 aromatic rings. The molecule has 0 amide bonds. The quantitative estimate of drug-likeness (QED) is 0.864. The summed E-state index contributed by atoms with van der Waals surface area (Å²) in [5.74, 6) is -0.735. The first-order chi connectivity index (χ1) is 10.4. The average Bonchev–Trinajstić information content (AvgIpc) is 2.48. The molecule has 0 aromatic heterocycles. The number of hydrogen-bond donors (Lipinski definition) is 1. The van der Waals surface area contributed by atoms with Crippen molar-refractivity contribution in [1.82, 2.24) is 0 Å². The second-order valence-corrected chi connectivity index (χ2v) is 6.06. The topological polar surface area (TPSA) is 95.5 Å². The number of rotatable bonds is 6. The van der Waals surface area contributed by atoms with Gasteiger partial charge in [0.2, 0.25) is 0 Å². The maximum atomic E-state index is 12.2. The summed E-state index contributed by atoms with van der Waals surface area (Å²) in [6.45, 7) is 2.33. The lowest BCUT2D eigenvalue weighted by molar-refractivity contribution is -0.255. The molecule has 0 saturated heterocycles. The summed E-state index contributed by atoms with van der Waals surface area (Å²) in [5, 5.41) is 10.6. The van der Waals surface area contributed by atoms with E-state index >= 15 is 0 Å². The standard InChI is InChI=1S/C15H15NO5S/c1-2-21-13-7-9-14(10-8-13)22(19,20)16-12-5-3-11(4-6-12)15(17)18/h3-10,16H,2H2,1H3,(H,17,18)/p-1. The van der Waals surface area contributed by atoms with Gasteiger partial charge in [-0.25, -0.2) is 8.42 Å². The van der Waals surface area contributed by atoms with Crippen LogP contribution in [0.25, 0.3) is 0 Å². The molecular formula is C15H14NO5S-. The number of carbonyl (C=O) groups is 1. The Morgan fingerprint density at radius 1 is 1.09 bits per heavy atom. The molecule has 6 nitrogen and oxygen atoms in total. The van der Waals surface area contributed by atoms with E-state index in [1.165, 1.54) is 36.4 Å². The number of hydrogen-bond acceptors (Lipinski definition) is 5. The van der Waals surface area contributed by atoms with Crippen LogP contribution in [-0.2, 0) is 10.0 Å². The van der Waals surface area contributed by atoms with Crippen LogP contribution in [0.1, 0.15) is 17.3 Å². The first-order valence-corrected chi connectivity index (χ1v) is 7.98. The number of nitrogens with one attached hydrogen (secondary N) is 1. The van der Waals surface area contributed by atoms with Gasteiger partial charge in [-0.2, -0.15) is 0 Å². The van der Waals surface area contributed by atoms with Crippen LogP contribution in [-0.4, -0.2) is 21.0 Å².